The van der Waals surface area contributed by atoms with Crippen LogP contribution in [0.2, 0.25) is 0 Å². The van der Waals surface area contributed by atoms with Gasteiger partial charge in [0.05, 0.1) is 6.61 Å². The molecule has 0 saturated heterocycles. The van der Waals surface area contributed by atoms with Crippen LogP contribution in [0.5, 0.6) is 0 Å². The van der Waals surface area contributed by atoms with Crippen molar-refractivity contribution in [3.63, 3.8) is 0 Å². The molecule has 0 radical (unpaired) electrons. The van der Waals surface area contributed by atoms with Crippen molar-refractivity contribution < 1.29 is 18.8 Å². The molecule has 0 aliphatic carbocycles. The monoisotopic (exact) mass is 330 g/mol. The van der Waals surface area contributed by atoms with Gasteiger partial charge >= 0.3 is 12.2 Å². The number of aliphatic hydroxyl groups is 1. The number of alkyl halides is 2. The normalized spacial score (nSPS) is 10.7. The second-order valence-corrected chi connectivity index (χ2v) is 3.64. The van der Waals surface area contributed by atoms with Crippen LogP contribution < -0.4 is 0 Å². The summed E-state index contributed by atoms with van der Waals surface area (Å²) in [6.45, 7) is -0.540. The molecule has 1 rings (SSSR count). The summed E-state index contributed by atoms with van der Waals surface area (Å²) in [6, 6.07) is 0.958. The van der Waals surface area contributed by atoms with E-state index in [0.29, 0.717) is 0 Å². The molecule has 8 heteroatoms. The van der Waals surface area contributed by atoms with Crippen molar-refractivity contribution in [2.75, 3.05) is 0 Å². The standard InChI is InChI=1S/C7H5F2IN2O3/c8-6(9)4-1-3(2-13)5(10)7(11-4)12(14)15/h1,6,13H,2H2. The van der Waals surface area contributed by atoms with E-state index in [0.717, 1.165) is 6.07 Å². The van der Waals surface area contributed by atoms with Gasteiger partial charge in [-0.05, 0) is 38.6 Å². The lowest BCUT2D eigenvalue weighted by molar-refractivity contribution is -0.390. The molecule has 0 amide bonds. The number of hydrogen-bond acceptors (Lipinski definition) is 4. The second-order valence-electron chi connectivity index (χ2n) is 2.56. The van der Waals surface area contributed by atoms with Crippen LogP contribution in [0.15, 0.2) is 6.07 Å². The maximum atomic E-state index is 12.3. The van der Waals surface area contributed by atoms with Gasteiger partial charge in [-0.15, -0.1) is 0 Å². The summed E-state index contributed by atoms with van der Waals surface area (Å²) in [7, 11) is 0. The molecule has 5 nitrogen and oxygen atoms in total. The van der Waals surface area contributed by atoms with Gasteiger partial charge in [-0.3, -0.25) is 0 Å². The van der Waals surface area contributed by atoms with E-state index < -0.39 is 29.5 Å². The predicted molar refractivity (Wildman–Crippen MR) is 54.5 cm³/mol. The Bertz CT molecular complexity index is 400. The first kappa shape index (κ1) is 12.2. The maximum Gasteiger partial charge on any atom is 0.377 e. The van der Waals surface area contributed by atoms with Crippen LogP contribution in [-0.4, -0.2) is 15.0 Å². The molecule has 0 saturated carbocycles. The van der Waals surface area contributed by atoms with Crippen LogP contribution in [0.4, 0.5) is 14.6 Å². The molecule has 1 aromatic rings. The minimum atomic E-state index is -2.90. The number of hydrogen-bond donors (Lipinski definition) is 1. The Morgan fingerprint density at radius 2 is 2.27 bits per heavy atom. The number of halogens is 3. The first-order valence-electron chi connectivity index (χ1n) is 3.70. The third-order valence-electron chi connectivity index (χ3n) is 1.60. The Labute approximate surface area is 96.4 Å². The summed E-state index contributed by atoms with van der Waals surface area (Å²) in [5, 5.41) is 19.3. The molecule has 0 aromatic carbocycles. The molecule has 0 atom stereocenters. The first-order chi connectivity index (χ1) is 6.97. The molecule has 0 aliphatic heterocycles. The van der Waals surface area contributed by atoms with Crippen molar-refractivity contribution in [2.24, 2.45) is 0 Å². The fourth-order valence-electron chi connectivity index (χ4n) is 0.937. The number of aliphatic hydroxyl groups excluding tert-OH is 1. The van der Waals surface area contributed by atoms with Crippen LogP contribution in [0.3, 0.4) is 0 Å². The predicted octanol–water partition coefficient (Wildman–Crippen LogP) is 2.02. The first-order valence-corrected chi connectivity index (χ1v) is 4.78. The van der Waals surface area contributed by atoms with Gasteiger partial charge in [-0.2, -0.15) is 0 Å². The van der Waals surface area contributed by atoms with Crippen LogP contribution in [0, 0.1) is 13.7 Å². The number of aromatic nitrogens is 1. The molecule has 82 valence electrons. The molecule has 0 fully saturated rings. The van der Waals surface area contributed by atoms with E-state index in [4.69, 9.17) is 5.11 Å². The van der Waals surface area contributed by atoms with Crippen LogP contribution >= 0.6 is 22.6 Å². The molecule has 1 heterocycles. The van der Waals surface area contributed by atoms with E-state index >= 15 is 0 Å². The lowest BCUT2D eigenvalue weighted by Gasteiger charge is -2.03. The Kier molecular flexibility index (Phi) is 3.85. The van der Waals surface area contributed by atoms with Crippen molar-refractivity contribution >= 4 is 28.4 Å². The van der Waals surface area contributed by atoms with Gasteiger partial charge in [0, 0.05) is 5.56 Å². The summed E-state index contributed by atoms with van der Waals surface area (Å²) < 4.78 is 24.7. The summed E-state index contributed by atoms with van der Waals surface area (Å²) in [4.78, 5) is 12.8. The van der Waals surface area contributed by atoms with Gasteiger partial charge in [-0.1, -0.05) is 0 Å². The number of pyridine rings is 1. The molecule has 0 unspecified atom stereocenters. The zero-order chi connectivity index (χ0) is 11.6. The van der Waals surface area contributed by atoms with E-state index in [9.17, 15) is 18.9 Å². The van der Waals surface area contributed by atoms with E-state index in [-0.39, 0.29) is 9.13 Å². The number of nitrogens with zero attached hydrogens (tertiary/aromatic N) is 2. The summed E-state index contributed by atoms with van der Waals surface area (Å²) in [5.41, 5.74) is -0.626. The van der Waals surface area contributed by atoms with Crippen molar-refractivity contribution in [1.82, 2.24) is 4.98 Å². The Morgan fingerprint density at radius 1 is 1.67 bits per heavy atom. The molecule has 0 aliphatic rings. The van der Waals surface area contributed by atoms with Crippen molar-refractivity contribution in [1.29, 1.82) is 0 Å². The minimum Gasteiger partial charge on any atom is -0.392 e. The smallest absolute Gasteiger partial charge is 0.377 e. The fraction of sp³-hybridized carbons (Fsp3) is 0.286. The fourth-order valence-corrected chi connectivity index (χ4v) is 1.58. The average molecular weight is 330 g/mol. The maximum absolute atomic E-state index is 12.3. The van der Waals surface area contributed by atoms with E-state index in [1.807, 2.05) is 0 Å². The van der Waals surface area contributed by atoms with Crippen molar-refractivity contribution in [2.45, 2.75) is 13.0 Å². The quantitative estimate of drug-likeness (QED) is 0.523. The second kappa shape index (κ2) is 4.75. The van der Waals surface area contributed by atoms with Crippen molar-refractivity contribution in [3.8, 4) is 0 Å². The minimum absolute atomic E-state index is 0.0736. The van der Waals surface area contributed by atoms with Gasteiger partial charge in [0.1, 0.15) is 3.57 Å². The largest absolute Gasteiger partial charge is 0.392 e. The Morgan fingerprint density at radius 3 is 2.67 bits per heavy atom. The molecular formula is C7H5F2IN2O3. The van der Waals surface area contributed by atoms with Gasteiger partial charge < -0.3 is 15.2 Å². The van der Waals surface area contributed by atoms with E-state index in [2.05, 4.69) is 4.98 Å². The lowest BCUT2D eigenvalue weighted by Crippen LogP contribution is -2.03. The van der Waals surface area contributed by atoms with Crippen LogP contribution in [0.1, 0.15) is 17.7 Å². The summed E-state index contributed by atoms with van der Waals surface area (Å²) >= 11 is 1.59. The molecule has 0 bridgehead atoms. The van der Waals surface area contributed by atoms with Crippen molar-refractivity contribution in [3.05, 3.63) is 31.0 Å². The zero-order valence-electron chi connectivity index (χ0n) is 7.15. The summed E-state index contributed by atoms with van der Waals surface area (Å²) in [6.07, 6.45) is -2.90. The molecule has 1 aromatic heterocycles. The van der Waals surface area contributed by atoms with E-state index in [1.165, 1.54) is 0 Å². The Balaban J connectivity index is 3.38. The third-order valence-corrected chi connectivity index (χ3v) is 2.78. The topological polar surface area (TPSA) is 76.3 Å². The number of rotatable bonds is 3. The molecular weight excluding hydrogens is 325 g/mol. The lowest BCUT2D eigenvalue weighted by atomic mass is 10.2. The van der Waals surface area contributed by atoms with E-state index in [1.54, 1.807) is 22.6 Å². The molecule has 1 N–H and O–H groups in total. The molecule has 0 spiro atoms. The number of nitro groups is 1. The van der Waals surface area contributed by atoms with Crippen LogP contribution in [-0.2, 0) is 6.61 Å². The van der Waals surface area contributed by atoms with Gasteiger partial charge in [0.15, 0.2) is 0 Å². The SMILES string of the molecule is O=[N+]([O-])c1nc(C(F)F)cc(CO)c1I. The van der Waals surface area contributed by atoms with Gasteiger partial charge in [0.2, 0.25) is 5.69 Å². The van der Waals surface area contributed by atoms with Gasteiger partial charge in [-0.25, -0.2) is 8.78 Å². The molecule has 15 heavy (non-hydrogen) atoms. The van der Waals surface area contributed by atoms with Crippen LogP contribution in [0.25, 0.3) is 0 Å². The highest BCUT2D eigenvalue weighted by atomic mass is 127. The summed E-state index contributed by atoms with van der Waals surface area (Å²) in [5.74, 6) is -0.655. The zero-order valence-corrected chi connectivity index (χ0v) is 9.31. The highest BCUT2D eigenvalue weighted by Gasteiger charge is 2.24. The third kappa shape index (κ3) is 2.56. The van der Waals surface area contributed by atoms with Gasteiger partial charge in [0.25, 0.3) is 0 Å². The Hall–Kier alpha value is -0.900. The highest BCUT2D eigenvalue weighted by Crippen LogP contribution is 2.27. The highest BCUT2D eigenvalue weighted by molar-refractivity contribution is 14.1. The average Bonchev–Trinajstić information content (AvgIpc) is 2.17.